The van der Waals surface area contributed by atoms with Crippen molar-refractivity contribution in [1.82, 2.24) is 9.13 Å². The van der Waals surface area contributed by atoms with Gasteiger partial charge in [-0.05, 0) is 83.3 Å². The molecule has 3 aromatic carbocycles. The lowest BCUT2D eigenvalue weighted by molar-refractivity contribution is -0.0930. The topological polar surface area (TPSA) is 90.2 Å². The molecule has 55 heavy (non-hydrogen) atoms. The number of unbranched alkanes of at least 4 members (excludes halogenated alkanes) is 4. The maximum atomic E-state index is 14.1. The predicted octanol–water partition coefficient (Wildman–Crippen LogP) is 9.41. The van der Waals surface area contributed by atoms with E-state index in [0.717, 1.165) is 58.3 Å². The first-order valence-corrected chi connectivity index (χ1v) is 23.9. The third-order valence-corrected chi connectivity index (χ3v) is 16.5. The van der Waals surface area contributed by atoms with Gasteiger partial charge in [-0.2, -0.15) is 0 Å². The molecule has 1 aliphatic rings. The molecule has 0 unspecified atom stereocenters. The van der Waals surface area contributed by atoms with Gasteiger partial charge in [0.25, 0.3) is 5.56 Å². The predicted molar refractivity (Wildman–Crippen MR) is 231 cm³/mol. The van der Waals surface area contributed by atoms with Crippen molar-refractivity contribution in [3.8, 4) is 11.5 Å². The number of rotatable bonds is 18. The number of methoxy groups -OCH3 is 2. The van der Waals surface area contributed by atoms with E-state index in [-0.39, 0.29) is 29.0 Å². The zero-order valence-corrected chi connectivity index (χ0v) is 37.0. The van der Waals surface area contributed by atoms with Gasteiger partial charge < -0.3 is 23.4 Å². The van der Waals surface area contributed by atoms with Gasteiger partial charge in [0.1, 0.15) is 29.4 Å². The minimum atomic E-state index is -2.31. The molecule has 5 rings (SSSR count). The number of nitrogens with zero attached hydrogens (tertiary/aromatic N) is 2. The summed E-state index contributed by atoms with van der Waals surface area (Å²) in [7, 11) is 0.999. The molecule has 11 heteroatoms. The Morgan fingerprint density at radius 3 is 1.89 bits per heavy atom. The summed E-state index contributed by atoms with van der Waals surface area (Å²) in [5, 5.41) is -0.0617. The van der Waals surface area contributed by atoms with E-state index in [2.05, 4.69) is 68.6 Å². The number of aromatic nitrogens is 2. The Morgan fingerprint density at radius 1 is 0.800 bits per heavy atom. The highest BCUT2D eigenvalue weighted by molar-refractivity contribution is 14.1. The van der Waals surface area contributed by atoms with E-state index in [0.29, 0.717) is 18.5 Å². The van der Waals surface area contributed by atoms with Gasteiger partial charge in [-0.25, -0.2) is 4.79 Å². The van der Waals surface area contributed by atoms with Crippen LogP contribution in [-0.4, -0.2) is 54.9 Å². The first-order chi connectivity index (χ1) is 26.2. The highest BCUT2D eigenvalue weighted by Crippen LogP contribution is 2.44. The third kappa shape index (κ3) is 9.84. The molecule has 298 valence electrons. The average Bonchev–Trinajstić information content (AvgIpc) is 3.57. The molecule has 1 saturated heterocycles. The van der Waals surface area contributed by atoms with Crippen molar-refractivity contribution in [3.63, 3.8) is 0 Å². The van der Waals surface area contributed by atoms with E-state index in [1.165, 1.54) is 11.0 Å². The smallest absolute Gasteiger partial charge is 0.333 e. The molecule has 4 aromatic rings. The van der Waals surface area contributed by atoms with Crippen molar-refractivity contribution in [2.24, 2.45) is 0 Å². The fourth-order valence-electron chi connectivity index (χ4n) is 7.04. The van der Waals surface area contributed by atoms with E-state index in [4.69, 9.17) is 23.4 Å². The van der Waals surface area contributed by atoms with Gasteiger partial charge in [0, 0.05) is 24.7 Å². The van der Waals surface area contributed by atoms with Gasteiger partial charge in [-0.1, -0.05) is 117 Å². The zero-order valence-electron chi connectivity index (χ0n) is 33.8. The minimum absolute atomic E-state index is 0.0617. The highest BCUT2D eigenvalue weighted by Gasteiger charge is 2.47. The summed E-state index contributed by atoms with van der Waals surface area (Å²) in [5.74, 6) is 1.48. The monoisotopic (exact) mass is 882 g/mol. The summed E-state index contributed by atoms with van der Waals surface area (Å²) in [6, 6.07) is 26.1. The Bertz CT molecular complexity index is 1890. The Balaban J connectivity index is 1.55. The number of benzene rings is 3. The molecule has 0 N–H and O–H groups in total. The molecule has 3 atom stereocenters. The maximum absolute atomic E-state index is 14.1. The molecule has 0 amide bonds. The van der Waals surface area contributed by atoms with E-state index in [9.17, 15) is 9.59 Å². The first-order valence-electron chi connectivity index (χ1n) is 19.5. The van der Waals surface area contributed by atoms with Crippen molar-refractivity contribution in [2.45, 2.75) is 115 Å². The third-order valence-electron chi connectivity index (χ3n) is 11.3. The van der Waals surface area contributed by atoms with Gasteiger partial charge in [0.15, 0.2) is 8.32 Å². The summed E-state index contributed by atoms with van der Waals surface area (Å²) >= 11 is 2.40. The highest BCUT2D eigenvalue weighted by atomic mass is 127. The summed E-state index contributed by atoms with van der Waals surface area (Å²) in [6.45, 7) is 13.4. The summed E-state index contributed by atoms with van der Waals surface area (Å²) in [5.41, 5.74) is 1.62. The van der Waals surface area contributed by atoms with Crippen molar-refractivity contribution in [2.75, 3.05) is 25.3 Å². The Hall–Kier alpha value is -3.23. The van der Waals surface area contributed by atoms with Crippen LogP contribution in [0.15, 0.2) is 94.6 Å². The van der Waals surface area contributed by atoms with Crippen LogP contribution in [0.4, 0.5) is 0 Å². The molecule has 1 aliphatic heterocycles. The van der Waals surface area contributed by atoms with E-state index < -0.39 is 26.3 Å². The second-order valence-corrected chi connectivity index (χ2v) is 21.8. The molecule has 1 fully saturated rings. The lowest BCUT2D eigenvalue weighted by Crippen LogP contribution is -2.47. The van der Waals surface area contributed by atoms with Crippen molar-refractivity contribution in [1.29, 1.82) is 0 Å². The fraction of sp³-hybridized carbons (Fsp3) is 0.500. The van der Waals surface area contributed by atoms with Gasteiger partial charge in [0.05, 0.1) is 26.9 Å². The molecule has 0 radical (unpaired) electrons. The summed E-state index contributed by atoms with van der Waals surface area (Å²) in [4.78, 5) is 27.4. The lowest BCUT2D eigenvalue weighted by atomic mass is 9.80. The second kappa shape index (κ2) is 18.8. The van der Waals surface area contributed by atoms with Crippen LogP contribution in [-0.2, 0) is 26.0 Å². The Morgan fingerprint density at radius 2 is 1.35 bits per heavy atom. The van der Waals surface area contributed by atoms with Gasteiger partial charge in [0.2, 0.25) is 0 Å². The largest absolute Gasteiger partial charge is 0.497 e. The SMILES string of the molecule is COc1ccc(C(OC[C@H]2O[C@@H](n3cc(C)c(=O)n(CCCCCCCI)c3=O)C[C@@H]2O[Si](C)(C)C(C)(C)C)(c2ccccc2)c2ccc(OC)cc2)cc1. The van der Waals surface area contributed by atoms with Crippen molar-refractivity contribution in [3.05, 3.63) is 128 Å². The number of hydrogen-bond acceptors (Lipinski definition) is 7. The summed E-state index contributed by atoms with van der Waals surface area (Å²) < 4.78 is 36.5. The van der Waals surface area contributed by atoms with Crippen LogP contribution in [0.5, 0.6) is 11.5 Å². The number of ether oxygens (including phenoxy) is 4. The lowest BCUT2D eigenvalue weighted by Gasteiger charge is -2.40. The Labute approximate surface area is 341 Å². The molecule has 0 bridgehead atoms. The molecule has 0 saturated carbocycles. The van der Waals surface area contributed by atoms with Crippen LogP contribution in [0.3, 0.4) is 0 Å². The number of aryl methyl sites for hydroxylation is 1. The van der Waals surface area contributed by atoms with Gasteiger partial charge in [-0.15, -0.1) is 0 Å². The van der Waals surface area contributed by atoms with Crippen LogP contribution < -0.4 is 20.7 Å². The summed E-state index contributed by atoms with van der Waals surface area (Å²) in [6.07, 6.45) is 5.76. The average molecular weight is 883 g/mol. The van der Waals surface area contributed by atoms with E-state index in [1.807, 2.05) is 66.7 Å². The minimum Gasteiger partial charge on any atom is -0.497 e. The van der Waals surface area contributed by atoms with Crippen molar-refractivity contribution < 1.29 is 23.4 Å². The van der Waals surface area contributed by atoms with Crippen LogP contribution in [0.25, 0.3) is 0 Å². The molecular weight excluding hydrogens is 823 g/mol. The molecule has 1 aromatic heterocycles. The van der Waals surface area contributed by atoms with E-state index in [1.54, 1.807) is 31.9 Å². The molecule has 2 heterocycles. The standard InChI is InChI=1S/C44H59IN2O7Si/c1-32-30-47(42(49)46(41(32)48)28-16-11-9-10-15-27-45)40-29-38(54-55(7,8)43(2,3)4)39(53-40)31-52-44(33-17-13-12-14-18-33,34-19-23-36(50-5)24-20-34)35-21-25-37(51-6)26-22-35/h12-14,17-26,30,38-40H,9-11,15-16,27-29,31H2,1-8H3/t38-,39+,40+/m0/s1. The normalized spacial score (nSPS) is 17.7. The maximum Gasteiger partial charge on any atom is 0.333 e. The molecule has 9 nitrogen and oxygen atoms in total. The first kappa shape index (κ1) is 42.9. The molecule has 0 aliphatic carbocycles. The van der Waals surface area contributed by atoms with Crippen LogP contribution in [0.1, 0.15) is 87.8 Å². The van der Waals surface area contributed by atoms with E-state index >= 15 is 0 Å². The fourth-order valence-corrected chi connectivity index (χ4v) is 8.94. The number of hydrogen-bond donors (Lipinski definition) is 0. The van der Waals surface area contributed by atoms with Gasteiger partial charge >= 0.3 is 5.69 Å². The number of halogens is 1. The number of alkyl halides is 1. The second-order valence-electron chi connectivity index (χ2n) is 16.0. The van der Waals surface area contributed by atoms with Crippen molar-refractivity contribution >= 4 is 30.9 Å². The van der Waals surface area contributed by atoms with Crippen LogP contribution in [0, 0.1) is 6.92 Å². The van der Waals surface area contributed by atoms with Gasteiger partial charge in [-0.3, -0.25) is 13.9 Å². The molecular formula is C44H59IN2O7Si. The molecule has 0 spiro atoms. The zero-order chi connectivity index (χ0) is 39.8. The Kier molecular flexibility index (Phi) is 14.7. The van der Waals surface area contributed by atoms with Crippen LogP contribution >= 0.6 is 22.6 Å². The quantitative estimate of drug-likeness (QED) is 0.0324. The van der Waals surface area contributed by atoms with Crippen LogP contribution in [0.2, 0.25) is 18.1 Å².